The first-order chi connectivity index (χ1) is 14.5. The Morgan fingerprint density at radius 3 is 2.23 bits per heavy atom. The van der Waals surface area contributed by atoms with E-state index in [2.05, 4.69) is 46.4 Å². The lowest BCUT2D eigenvalue weighted by molar-refractivity contribution is -0.176. The van der Waals surface area contributed by atoms with Crippen LogP contribution in [0.1, 0.15) is 79.2 Å². The maximum Gasteiger partial charge on any atom is 0.343 e. The van der Waals surface area contributed by atoms with Crippen LogP contribution in [0.5, 0.6) is 0 Å². The third kappa shape index (κ3) is 7.03. The van der Waals surface area contributed by atoms with E-state index >= 15 is 0 Å². The van der Waals surface area contributed by atoms with E-state index in [0.29, 0.717) is 18.7 Å². The Morgan fingerprint density at radius 1 is 1.06 bits per heavy atom. The fourth-order valence-electron chi connectivity index (χ4n) is 4.46. The van der Waals surface area contributed by atoms with Crippen LogP contribution in [0.15, 0.2) is 30.3 Å². The number of nitrogens with zero attached hydrogens (tertiary/aromatic N) is 1. The minimum absolute atomic E-state index is 0.102. The van der Waals surface area contributed by atoms with E-state index < -0.39 is 11.6 Å². The summed E-state index contributed by atoms with van der Waals surface area (Å²) in [5, 5.41) is 11.6. The molecule has 0 bridgehead atoms. The second-order valence-electron chi connectivity index (χ2n) is 10.4. The molecule has 31 heavy (non-hydrogen) atoms. The molecule has 2 rings (SSSR count). The van der Waals surface area contributed by atoms with Crippen LogP contribution in [0.3, 0.4) is 0 Å². The SMILES string of the molecule is CCN(CCOC(=O)C(O)(c1ccccc1)C1CCCCC1)C(C)(C)COC(C)(C)C. The van der Waals surface area contributed by atoms with Crippen LogP contribution >= 0.6 is 0 Å². The van der Waals surface area contributed by atoms with Gasteiger partial charge in [0.05, 0.1) is 12.2 Å². The van der Waals surface area contributed by atoms with Gasteiger partial charge in [-0.2, -0.15) is 0 Å². The second-order valence-corrected chi connectivity index (χ2v) is 10.4. The highest BCUT2D eigenvalue weighted by Gasteiger charge is 2.47. The van der Waals surface area contributed by atoms with Crippen LogP contribution < -0.4 is 0 Å². The summed E-state index contributed by atoms with van der Waals surface area (Å²) in [5.41, 5.74) is -1.33. The standard InChI is InChI=1S/C26H43NO4/c1-7-27(25(5,6)20-31-24(2,3)4)18-19-30-23(28)26(29,21-14-10-8-11-15-21)22-16-12-9-13-17-22/h8,10-11,14-15,22,29H,7,9,12-13,16-20H2,1-6H3. The smallest absolute Gasteiger partial charge is 0.343 e. The van der Waals surface area contributed by atoms with Gasteiger partial charge in [0.2, 0.25) is 0 Å². The predicted octanol–water partition coefficient (Wildman–Crippen LogP) is 4.91. The van der Waals surface area contributed by atoms with Crippen LogP contribution in [0.4, 0.5) is 0 Å². The summed E-state index contributed by atoms with van der Waals surface area (Å²) >= 11 is 0. The van der Waals surface area contributed by atoms with E-state index in [1.54, 1.807) is 0 Å². The molecule has 1 aromatic carbocycles. The molecule has 5 nitrogen and oxygen atoms in total. The van der Waals surface area contributed by atoms with Gasteiger partial charge in [0.15, 0.2) is 5.60 Å². The van der Waals surface area contributed by atoms with Gasteiger partial charge in [-0.15, -0.1) is 0 Å². The van der Waals surface area contributed by atoms with Crippen molar-refractivity contribution in [1.82, 2.24) is 4.90 Å². The number of likely N-dealkylation sites (N-methyl/N-ethyl adjacent to an activating group) is 1. The Balaban J connectivity index is 2.05. The molecule has 0 aromatic heterocycles. The van der Waals surface area contributed by atoms with E-state index in [1.165, 1.54) is 0 Å². The Labute approximate surface area is 189 Å². The van der Waals surface area contributed by atoms with E-state index in [-0.39, 0.29) is 23.7 Å². The van der Waals surface area contributed by atoms with Gasteiger partial charge in [-0.25, -0.2) is 4.79 Å². The zero-order valence-corrected chi connectivity index (χ0v) is 20.4. The Kier molecular flexibility index (Phi) is 9.11. The number of esters is 1. The molecule has 1 N–H and O–H groups in total. The fourth-order valence-corrected chi connectivity index (χ4v) is 4.46. The molecule has 1 saturated carbocycles. The summed E-state index contributed by atoms with van der Waals surface area (Å²) in [6.07, 6.45) is 4.93. The number of hydrogen-bond acceptors (Lipinski definition) is 5. The first-order valence-electron chi connectivity index (χ1n) is 11.8. The lowest BCUT2D eigenvalue weighted by atomic mass is 9.73. The minimum Gasteiger partial charge on any atom is -0.462 e. The molecule has 0 aliphatic heterocycles. The van der Waals surface area contributed by atoms with Gasteiger partial charge in [0.1, 0.15) is 6.61 Å². The fraction of sp³-hybridized carbons (Fsp3) is 0.731. The van der Waals surface area contributed by atoms with Gasteiger partial charge < -0.3 is 14.6 Å². The van der Waals surface area contributed by atoms with Gasteiger partial charge in [0.25, 0.3) is 0 Å². The highest BCUT2D eigenvalue weighted by Crippen LogP contribution is 2.40. The second kappa shape index (κ2) is 10.9. The number of carbonyl (C=O) groups is 1. The maximum absolute atomic E-state index is 13.2. The quantitative estimate of drug-likeness (QED) is 0.531. The minimum atomic E-state index is -1.58. The largest absolute Gasteiger partial charge is 0.462 e. The lowest BCUT2D eigenvalue weighted by Gasteiger charge is -2.40. The van der Waals surface area contributed by atoms with Gasteiger partial charge in [-0.05, 0) is 59.6 Å². The third-order valence-corrected chi connectivity index (χ3v) is 6.41. The molecule has 1 aromatic rings. The molecule has 1 atom stereocenters. The van der Waals surface area contributed by atoms with Crippen LogP contribution in [-0.2, 0) is 19.9 Å². The Bertz CT molecular complexity index is 676. The Hall–Kier alpha value is -1.43. The topological polar surface area (TPSA) is 59.0 Å². The first kappa shape index (κ1) is 25.8. The molecule has 1 unspecified atom stereocenters. The summed E-state index contributed by atoms with van der Waals surface area (Å²) in [7, 11) is 0. The highest BCUT2D eigenvalue weighted by atomic mass is 16.6. The number of hydrogen-bond donors (Lipinski definition) is 1. The van der Waals surface area contributed by atoms with Gasteiger partial charge in [0, 0.05) is 18.0 Å². The Morgan fingerprint density at radius 2 is 1.68 bits per heavy atom. The normalized spacial score (nSPS) is 18.1. The molecule has 0 heterocycles. The molecule has 0 spiro atoms. The number of ether oxygens (including phenoxy) is 2. The number of carbonyl (C=O) groups excluding carboxylic acids is 1. The van der Waals surface area contributed by atoms with Gasteiger partial charge in [-0.3, -0.25) is 4.90 Å². The summed E-state index contributed by atoms with van der Waals surface area (Å²) in [4.78, 5) is 15.5. The zero-order valence-electron chi connectivity index (χ0n) is 20.4. The van der Waals surface area contributed by atoms with Crippen LogP contribution in [-0.4, -0.2) is 53.4 Å². The van der Waals surface area contributed by atoms with Gasteiger partial charge >= 0.3 is 5.97 Å². The van der Waals surface area contributed by atoms with Crippen LogP contribution in [0.2, 0.25) is 0 Å². The molecular weight excluding hydrogens is 390 g/mol. The van der Waals surface area contributed by atoms with Crippen molar-refractivity contribution in [2.45, 2.75) is 90.4 Å². The van der Waals surface area contributed by atoms with Crippen molar-refractivity contribution in [3.63, 3.8) is 0 Å². The molecule has 1 aliphatic carbocycles. The van der Waals surface area contributed by atoms with Crippen molar-refractivity contribution in [2.24, 2.45) is 5.92 Å². The number of rotatable bonds is 10. The lowest BCUT2D eigenvalue weighted by Crippen LogP contribution is -2.51. The summed E-state index contributed by atoms with van der Waals surface area (Å²) in [5.74, 6) is -0.625. The molecule has 1 fully saturated rings. The summed E-state index contributed by atoms with van der Waals surface area (Å²) < 4.78 is 11.7. The zero-order chi connectivity index (χ0) is 23.1. The molecule has 0 saturated heterocycles. The third-order valence-electron chi connectivity index (χ3n) is 6.41. The maximum atomic E-state index is 13.2. The van der Waals surface area contributed by atoms with E-state index in [0.717, 1.165) is 38.6 Å². The van der Waals surface area contributed by atoms with Crippen molar-refractivity contribution in [1.29, 1.82) is 0 Å². The van der Waals surface area contributed by atoms with Crippen molar-refractivity contribution >= 4 is 5.97 Å². The summed E-state index contributed by atoms with van der Waals surface area (Å²) in [6.45, 7) is 14.8. The van der Waals surface area contributed by atoms with Crippen LogP contribution in [0, 0.1) is 5.92 Å². The molecule has 0 radical (unpaired) electrons. The van der Waals surface area contributed by atoms with Crippen LogP contribution in [0.25, 0.3) is 0 Å². The van der Waals surface area contributed by atoms with Crippen molar-refractivity contribution in [3.05, 3.63) is 35.9 Å². The van der Waals surface area contributed by atoms with Crippen molar-refractivity contribution in [2.75, 3.05) is 26.3 Å². The number of aliphatic hydroxyl groups is 1. The molecule has 5 heteroatoms. The number of benzene rings is 1. The molecule has 0 amide bonds. The average Bonchev–Trinajstić information content (AvgIpc) is 2.75. The molecule has 1 aliphatic rings. The monoisotopic (exact) mass is 433 g/mol. The first-order valence-corrected chi connectivity index (χ1v) is 11.8. The highest BCUT2D eigenvalue weighted by molar-refractivity contribution is 5.81. The van der Waals surface area contributed by atoms with E-state index in [1.807, 2.05) is 30.3 Å². The van der Waals surface area contributed by atoms with Crippen molar-refractivity contribution < 1.29 is 19.4 Å². The molecule has 176 valence electrons. The van der Waals surface area contributed by atoms with Crippen molar-refractivity contribution in [3.8, 4) is 0 Å². The van der Waals surface area contributed by atoms with E-state index in [4.69, 9.17) is 9.47 Å². The molecular formula is C26H43NO4. The average molecular weight is 434 g/mol. The van der Waals surface area contributed by atoms with E-state index in [9.17, 15) is 9.90 Å². The van der Waals surface area contributed by atoms with Gasteiger partial charge in [-0.1, -0.05) is 56.5 Å². The predicted molar refractivity (Wildman–Crippen MR) is 125 cm³/mol. The summed E-state index contributed by atoms with van der Waals surface area (Å²) in [6, 6.07) is 9.30.